The average molecular weight is 188 g/mol. The number of methoxy groups -OCH3 is 1. The topological polar surface area (TPSA) is 44.3 Å². The summed E-state index contributed by atoms with van der Waals surface area (Å²) in [5.74, 6) is 0. The van der Waals surface area contributed by atoms with Gasteiger partial charge in [0, 0.05) is 7.11 Å². The molecule has 0 saturated heterocycles. The van der Waals surface area contributed by atoms with Crippen LogP contribution in [0.25, 0.3) is 15.9 Å². The average Bonchev–Trinajstić information content (AvgIpc) is 2.61. The van der Waals surface area contributed by atoms with Gasteiger partial charge in [0.1, 0.15) is 12.2 Å². The number of nitrogens with zero attached hydrogens (tertiary/aromatic N) is 4. The second kappa shape index (κ2) is 3.44. The van der Waals surface area contributed by atoms with Gasteiger partial charge in [0.25, 0.3) is 0 Å². The van der Waals surface area contributed by atoms with Crippen LogP contribution in [0.15, 0.2) is 18.2 Å². The van der Waals surface area contributed by atoms with E-state index < -0.39 is 0 Å². The van der Waals surface area contributed by atoms with Crippen LogP contribution in [0.2, 0.25) is 0 Å². The molecule has 0 unspecified atom stereocenters. The number of hydrogen-bond donors (Lipinski definition) is 0. The summed E-state index contributed by atoms with van der Waals surface area (Å²) < 4.78 is 6.57. The van der Waals surface area contributed by atoms with Gasteiger partial charge in [-0.2, -0.15) is 0 Å². The molecule has 5 heteroatoms. The van der Waals surface area contributed by atoms with E-state index in [9.17, 15) is 0 Å². The van der Waals surface area contributed by atoms with Crippen molar-refractivity contribution in [1.82, 2.24) is 15.0 Å². The van der Waals surface area contributed by atoms with Crippen molar-refractivity contribution in [3.05, 3.63) is 29.6 Å². The molecule has 0 spiro atoms. The lowest BCUT2D eigenvalue weighted by Gasteiger charge is -1.98. The van der Waals surface area contributed by atoms with Crippen LogP contribution >= 0.6 is 0 Å². The van der Waals surface area contributed by atoms with Crippen molar-refractivity contribution in [2.24, 2.45) is 0 Å². The molecule has 2 rings (SSSR count). The molecule has 5 nitrogen and oxygen atoms in total. The van der Waals surface area contributed by atoms with Gasteiger partial charge in [-0.15, -0.1) is 5.10 Å². The maximum absolute atomic E-state index is 6.89. The summed E-state index contributed by atoms with van der Waals surface area (Å²) in [6.45, 7) is 7.23. The molecule has 14 heavy (non-hydrogen) atoms. The molecule has 0 fully saturated rings. The minimum atomic E-state index is 0.345. The Morgan fingerprint density at radius 1 is 1.57 bits per heavy atom. The summed E-state index contributed by atoms with van der Waals surface area (Å²) in [7, 11) is 1.59. The summed E-state index contributed by atoms with van der Waals surface area (Å²) in [6.07, 6.45) is 0. The minimum absolute atomic E-state index is 0.345. The maximum atomic E-state index is 6.89. The van der Waals surface area contributed by atoms with E-state index in [1.807, 2.05) is 0 Å². The zero-order valence-corrected chi connectivity index (χ0v) is 7.64. The lowest BCUT2D eigenvalue weighted by atomic mass is 10.3. The van der Waals surface area contributed by atoms with Gasteiger partial charge in [-0.1, -0.05) is 11.3 Å². The Kier molecular flexibility index (Phi) is 2.13. The largest absolute Gasteiger partial charge is 0.362 e. The van der Waals surface area contributed by atoms with E-state index in [0.717, 1.165) is 11.0 Å². The molecule has 2 aromatic rings. The number of rotatable bonds is 2. The van der Waals surface area contributed by atoms with Gasteiger partial charge in [0.2, 0.25) is 0 Å². The Morgan fingerprint density at radius 3 is 3.14 bits per heavy atom. The van der Waals surface area contributed by atoms with Gasteiger partial charge < -0.3 is 4.74 Å². The molecular weight excluding hydrogens is 180 g/mol. The van der Waals surface area contributed by atoms with Gasteiger partial charge in [0.15, 0.2) is 5.69 Å². The Bertz CT molecular complexity index is 497. The van der Waals surface area contributed by atoms with E-state index in [2.05, 4.69) is 15.2 Å². The molecule has 1 aromatic carbocycles. The number of fused-ring (bicyclic) bond motifs is 1. The van der Waals surface area contributed by atoms with Gasteiger partial charge in [0.05, 0.1) is 12.1 Å². The standard InChI is InChI=1S/C9H8N4O/c1-10-7-3-4-8-9(5-7)13(6-14-2)12-11-8/h3-5H,6H2,2H3. The molecule has 0 N–H and O–H groups in total. The van der Waals surface area contributed by atoms with Crippen LogP contribution in [-0.2, 0) is 11.5 Å². The van der Waals surface area contributed by atoms with E-state index in [4.69, 9.17) is 11.3 Å². The van der Waals surface area contributed by atoms with Crippen molar-refractivity contribution in [2.45, 2.75) is 6.73 Å². The molecule has 0 atom stereocenters. The second-order valence-electron chi connectivity index (χ2n) is 2.79. The van der Waals surface area contributed by atoms with Crippen molar-refractivity contribution in [3.8, 4) is 0 Å². The van der Waals surface area contributed by atoms with Gasteiger partial charge in [-0.25, -0.2) is 9.53 Å². The summed E-state index contributed by atoms with van der Waals surface area (Å²) in [5, 5.41) is 7.84. The zero-order chi connectivity index (χ0) is 9.97. The highest BCUT2D eigenvalue weighted by Gasteiger charge is 2.04. The third-order valence-corrected chi connectivity index (χ3v) is 1.88. The molecule has 70 valence electrons. The fraction of sp³-hybridized carbons (Fsp3) is 0.222. The maximum Gasteiger partial charge on any atom is 0.189 e. The normalized spacial score (nSPS) is 10.3. The molecule has 0 aliphatic carbocycles. The van der Waals surface area contributed by atoms with Crippen LogP contribution in [0, 0.1) is 6.57 Å². The first kappa shape index (κ1) is 8.66. The van der Waals surface area contributed by atoms with Crippen LogP contribution in [0.3, 0.4) is 0 Å². The smallest absolute Gasteiger partial charge is 0.189 e. The Balaban J connectivity index is 2.59. The number of aromatic nitrogens is 3. The first-order valence-electron chi connectivity index (χ1n) is 4.05. The first-order chi connectivity index (χ1) is 6.85. The highest BCUT2D eigenvalue weighted by Crippen LogP contribution is 2.19. The fourth-order valence-electron chi connectivity index (χ4n) is 1.24. The molecule has 0 bridgehead atoms. The van der Waals surface area contributed by atoms with Crippen LogP contribution in [0.4, 0.5) is 5.69 Å². The van der Waals surface area contributed by atoms with Gasteiger partial charge in [-0.3, -0.25) is 0 Å². The predicted octanol–water partition coefficient (Wildman–Crippen LogP) is 1.59. The van der Waals surface area contributed by atoms with E-state index in [1.54, 1.807) is 30.0 Å². The van der Waals surface area contributed by atoms with Crippen LogP contribution in [0.5, 0.6) is 0 Å². The third kappa shape index (κ3) is 1.32. The van der Waals surface area contributed by atoms with E-state index in [0.29, 0.717) is 12.4 Å². The summed E-state index contributed by atoms with van der Waals surface area (Å²) >= 11 is 0. The minimum Gasteiger partial charge on any atom is -0.362 e. The van der Waals surface area contributed by atoms with Crippen molar-refractivity contribution >= 4 is 16.7 Å². The van der Waals surface area contributed by atoms with Crippen LogP contribution in [-0.4, -0.2) is 22.1 Å². The zero-order valence-electron chi connectivity index (χ0n) is 7.64. The van der Waals surface area contributed by atoms with Crippen molar-refractivity contribution in [2.75, 3.05) is 7.11 Å². The fourth-order valence-corrected chi connectivity index (χ4v) is 1.24. The lowest BCUT2D eigenvalue weighted by Crippen LogP contribution is -2.01. The van der Waals surface area contributed by atoms with Crippen molar-refractivity contribution in [3.63, 3.8) is 0 Å². The molecule has 1 aromatic heterocycles. The Morgan fingerprint density at radius 2 is 2.43 bits per heavy atom. The SMILES string of the molecule is [C-]#[N+]c1ccc2nnn(COC)c2c1. The molecule has 0 radical (unpaired) electrons. The Hall–Kier alpha value is -1.93. The first-order valence-corrected chi connectivity index (χ1v) is 4.05. The van der Waals surface area contributed by atoms with Gasteiger partial charge >= 0.3 is 0 Å². The van der Waals surface area contributed by atoms with Crippen LogP contribution < -0.4 is 0 Å². The summed E-state index contributed by atoms with van der Waals surface area (Å²) in [6, 6.07) is 5.25. The lowest BCUT2D eigenvalue weighted by molar-refractivity contribution is 0.122. The number of benzene rings is 1. The summed E-state index contributed by atoms with van der Waals surface area (Å²) in [4.78, 5) is 3.34. The quantitative estimate of drug-likeness (QED) is 0.672. The van der Waals surface area contributed by atoms with Crippen molar-refractivity contribution < 1.29 is 4.74 Å². The molecule has 0 saturated carbocycles. The third-order valence-electron chi connectivity index (χ3n) is 1.88. The molecular formula is C9H8N4O. The molecule has 0 aliphatic rings. The number of ether oxygens (including phenoxy) is 1. The van der Waals surface area contributed by atoms with Crippen molar-refractivity contribution in [1.29, 1.82) is 0 Å². The molecule has 1 heterocycles. The van der Waals surface area contributed by atoms with E-state index in [1.165, 1.54) is 0 Å². The Labute approximate surface area is 80.7 Å². The highest BCUT2D eigenvalue weighted by molar-refractivity contribution is 5.78. The van der Waals surface area contributed by atoms with Gasteiger partial charge in [-0.05, 0) is 12.1 Å². The molecule has 0 aliphatic heterocycles. The monoisotopic (exact) mass is 188 g/mol. The predicted molar refractivity (Wildman–Crippen MR) is 50.8 cm³/mol. The van der Waals surface area contributed by atoms with E-state index >= 15 is 0 Å². The van der Waals surface area contributed by atoms with E-state index in [-0.39, 0.29) is 0 Å². The molecule has 0 amide bonds. The second-order valence-corrected chi connectivity index (χ2v) is 2.79. The van der Waals surface area contributed by atoms with Crippen LogP contribution in [0.1, 0.15) is 0 Å². The highest BCUT2D eigenvalue weighted by atomic mass is 16.5. The summed E-state index contributed by atoms with van der Waals surface area (Å²) in [5.41, 5.74) is 2.17. The number of hydrogen-bond acceptors (Lipinski definition) is 3.